The number of carbonyl (C=O) groups is 2. The van der Waals surface area contributed by atoms with Crippen LogP contribution in [0.4, 0.5) is 10.5 Å². The van der Waals surface area contributed by atoms with Crippen molar-refractivity contribution in [3.8, 4) is 0 Å². The minimum Gasteiger partial charge on any atom is -0.478 e. The fraction of sp³-hybridized carbons (Fsp3) is 0.429. The number of aromatic carboxylic acids is 1. The van der Waals surface area contributed by atoms with Crippen LogP contribution in [-0.2, 0) is 0 Å². The van der Waals surface area contributed by atoms with Crippen molar-refractivity contribution in [2.45, 2.75) is 20.8 Å². The number of benzene rings is 1. The van der Waals surface area contributed by atoms with E-state index in [2.05, 4.69) is 24.5 Å². The van der Waals surface area contributed by atoms with E-state index in [0.717, 1.165) is 0 Å². The number of amides is 2. The third kappa shape index (κ3) is 5.10. The molecule has 0 spiro atoms. The molecule has 21 heavy (non-hydrogen) atoms. The molecule has 0 aliphatic carbocycles. The third-order valence-electron chi connectivity index (χ3n) is 3.25. The molecule has 0 aromatic heterocycles. The summed E-state index contributed by atoms with van der Waals surface area (Å²) in [6.07, 6.45) is 0. The van der Waals surface area contributed by atoms with Gasteiger partial charge in [0.25, 0.3) is 0 Å². The first-order chi connectivity index (χ1) is 9.72. The van der Waals surface area contributed by atoms with Crippen LogP contribution in [0.25, 0.3) is 0 Å². The van der Waals surface area contributed by atoms with Crippen molar-refractivity contribution in [3.05, 3.63) is 27.7 Å². The van der Waals surface area contributed by atoms with Crippen molar-refractivity contribution < 1.29 is 14.7 Å². The van der Waals surface area contributed by atoms with E-state index in [1.54, 1.807) is 0 Å². The Morgan fingerprint density at radius 2 is 1.86 bits per heavy atom. The first kappa shape index (κ1) is 17.6. The molecule has 3 N–H and O–H groups in total. The average molecular weight is 333 g/mol. The zero-order valence-electron chi connectivity index (χ0n) is 12.0. The highest BCUT2D eigenvalue weighted by Crippen LogP contribution is 2.30. The molecule has 0 bridgehead atoms. The molecule has 0 heterocycles. The zero-order valence-corrected chi connectivity index (χ0v) is 13.5. The number of rotatable bonds is 5. The van der Waals surface area contributed by atoms with Gasteiger partial charge in [-0.05, 0) is 24.0 Å². The molecule has 2 amide bonds. The van der Waals surface area contributed by atoms with E-state index in [1.807, 2.05) is 6.92 Å². The number of urea groups is 1. The first-order valence-electron chi connectivity index (χ1n) is 6.49. The second-order valence-electron chi connectivity index (χ2n) is 5.17. The number of carboxylic acids is 1. The molecule has 1 atom stereocenters. The van der Waals surface area contributed by atoms with Gasteiger partial charge in [-0.3, -0.25) is 0 Å². The Morgan fingerprint density at radius 1 is 1.24 bits per heavy atom. The van der Waals surface area contributed by atoms with Gasteiger partial charge in [-0.1, -0.05) is 44.0 Å². The lowest BCUT2D eigenvalue weighted by Crippen LogP contribution is -2.34. The number of hydrogen-bond donors (Lipinski definition) is 3. The molecule has 0 aliphatic heterocycles. The lowest BCUT2D eigenvalue weighted by atomic mass is 9.98. The van der Waals surface area contributed by atoms with E-state index >= 15 is 0 Å². The molecule has 0 fully saturated rings. The van der Waals surface area contributed by atoms with Gasteiger partial charge in [0.05, 0.1) is 16.3 Å². The van der Waals surface area contributed by atoms with Gasteiger partial charge in [0.1, 0.15) is 0 Å². The minimum atomic E-state index is -1.22. The maximum Gasteiger partial charge on any atom is 0.337 e. The van der Waals surface area contributed by atoms with Crippen LogP contribution in [-0.4, -0.2) is 23.7 Å². The van der Waals surface area contributed by atoms with E-state index in [4.69, 9.17) is 28.3 Å². The fourth-order valence-corrected chi connectivity index (χ4v) is 2.06. The molecular formula is C14H18Cl2N2O3. The Hall–Kier alpha value is -1.46. The quantitative estimate of drug-likeness (QED) is 0.759. The van der Waals surface area contributed by atoms with Crippen LogP contribution in [0.5, 0.6) is 0 Å². The van der Waals surface area contributed by atoms with Gasteiger partial charge in [0.2, 0.25) is 0 Å². The highest BCUT2D eigenvalue weighted by Gasteiger charge is 2.17. The second-order valence-corrected chi connectivity index (χ2v) is 6.02. The van der Waals surface area contributed by atoms with Crippen LogP contribution >= 0.6 is 23.2 Å². The van der Waals surface area contributed by atoms with Crippen molar-refractivity contribution >= 4 is 40.9 Å². The molecule has 1 unspecified atom stereocenters. The van der Waals surface area contributed by atoms with Crippen LogP contribution in [0, 0.1) is 11.8 Å². The van der Waals surface area contributed by atoms with Gasteiger partial charge in [-0.25, -0.2) is 9.59 Å². The van der Waals surface area contributed by atoms with Gasteiger partial charge in [0, 0.05) is 11.6 Å². The summed E-state index contributed by atoms with van der Waals surface area (Å²) in [4.78, 5) is 23.0. The molecule has 0 radical (unpaired) electrons. The molecule has 7 heteroatoms. The largest absolute Gasteiger partial charge is 0.478 e. The molecule has 1 aromatic rings. The van der Waals surface area contributed by atoms with Crippen molar-refractivity contribution in [2.75, 3.05) is 11.9 Å². The van der Waals surface area contributed by atoms with Crippen LogP contribution in [0.2, 0.25) is 10.0 Å². The number of anilines is 1. The SMILES string of the molecule is CC(C)C(C)CNC(=O)Nc1c(Cl)cc(Cl)cc1C(=O)O. The summed E-state index contributed by atoms with van der Waals surface area (Å²) in [5.41, 5.74) is -0.122. The smallest absolute Gasteiger partial charge is 0.337 e. The van der Waals surface area contributed by atoms with Crippen LogP contribution in [0.1, 0.15) is 31.1 Å². The van der Waals surface area contributed by atoms with Crippen LogP contribution in [0.3, 0.4) is 0 Å². The molecule has 1 aromatic carbocycles. The third-order valence-corrected chi connectivity index (χ3v) is 3.76. The molecular weight excluding hydrogens is 315 g/mol. The monoisotopic (exact) mass is 332 g/mol. The molecule has 0 aliphatic rings. The summed E-state index contributed by atoms with van der Waals surface area (Å²) >= 11 is 11.7. The Morgan fingerprint density at radius 3 is 2.38 bits per heavy atom. The van der Waals surface area contributed by atoms with Crippen LogP contribution < -0.4 is 10.6 Å². The van der Waals surface area contributed by atoms with E-state index in [9.17, 15) is 9.59 Å². The predicted octanol–water partition coefficient (Wildman–Crippen LogP) is 4.11. The number of halogens is 2. The summed E-state index contributed by atoms with van der Waals surface area (Å²) in [5.74, 6) is -0.486. The summed E-state index contributed by atoms with van der Waals surface area (Å²) in [6, 6.07) is 2.11. The van der Waals surface area contributed by atoms with E-state index in [1.165, 1.54) is 12.1 Å². The standard InChI is InChI=1S/C14H18Cl2N2O3/c1-7(2)8(3)6-17-14(21)18-12-10(13(19)20)4-9(15)5-11(12)16/h4-5,7-8H,6H2,1-3H3,(H,19,20)(H2,17,18,21). The Labute approximate surface area is 133 Å². The highest BCUT2D eigenvalue weighted by atomic mass is 35.5. The lowest BCUT2D eigenvalue weighted by Gasteiger charge is -2.17. The highest BCUT2D eigenvalue weighted by molar-refractivity contribution is 6.37. The molecule has 1 rings (SSSR count). The Kier molecular flexibility index (Phi) is 6.30. The molecule has 0 saturated carbocycles. The number of carboxylic acid groups (broad SMARTS) is 1. The van der Waals surface area contributed by atoms with Crippen LogP contribution in [0.15, 0.2) is 12.1 Å². The zero-order chi connectivity index (χ0) is 16.2. The summed E-state index contributed by atoms with van der Waals surface area (Å²) in [5, 5.41) is 14.5. The first-order valence-corrected chi connectivity index (χ1v) is 7.25. The Balaban J connectivity index is 2.83. The lowest BCUT2D eigenvalue weighted by molar-refractivity contribution is 0.0698. The van der Waals surface area contributed by atoms with Crippen molar-refractivity contribution in [1.82, 2.24) is 5.32 Å². The fourth-order valence-electron chi connectivity index (χ4n) is 1.52. The average Bonchev–Trinajstić information content (AvgIpc) is 2.38. The molecule has 5 nitrogen and oxygen atoms in total. The summed E-state index contributed by atoms with van der Waals surface area (Å²) in [7, 11) is 0. The van der Waals surface area contributed by atoms with E-state index in [-0.39, 0.29) is 21.3 Å². The van der Waals surface area contributed by atoms with Gasteiger partial charge >= 0.3 is 12.0 Å². The molecule has 0 saturated heterocycles. The van der Waals surface area contributed by atoms with Crippen molar-refractivity contribution in [1.29, 1.82) is 0 Å². The number of nitrogens with one attached hydrogen (secondary N) is 2. The number of carbonyl (C=O) groups excluding carboxylic acids is 1. The maximum atomic E-state index is 11.8. The second kappa shape index (κ2) is 7.52. The predicted molar refractivity (Wildman–Crippen MR) is 84.4 cm³/mol. The van der Waals surface area contributed by atoms with Gasteiger partial charge in [-0.2, -0.15) is 0 Å². The summed E-state index contributed by atoms with van der Waals surface area (Å²) in [6.45, 7) is 6.62. The van der Waals surface area contributed by atoms with E-state index < -0.39 is 12.0 Å². The van der Waals surface area contributed by atoms with E-state index in [0.29, 0.717) is 18.4 Å². The topological polar surface area (TPSA) is 78.4 Å². The minimum absolute atomic E-state index is 0.0308. The normalized spacial score (nSPS) is 12.1. The summed E-state index contributed by atoms with van der Waals surface area (Å²) < 4.78 is 0. The van der Waals surface area contributed by atoms with Gasteiger partial charge in [-0.15, -0.1) is 0 Å². The Bertz CT molecular complexity index is 547. The van der Waals surface area contributed by atoms with Gasteiger partial charge in [0.15, 0.2) is 0 Å². The maximum absolute atomic E-state index is 11.8. The van der Waals surface area contributed by atoms with Crippen molar-refractivity contribution in [3.63, 3.8) is 0 Å². The number of hydrogen-bond acceptors (Lipinski definition) is 2. The van der Waals surface area contributed by atoms with Crippen molar-refractivity contribution in [2.24, 2.45) is 11.8 Å². The molecule has 116 valence electrons. The van der Waals surface area contributed by atoms with Gasteiger partial charge < -0.3 is 15.7 Å².